The van der Waals surface area contributed by atoms with Crippen molar-refractivity contribution in [3.05, 3.63) is 71.3 Å². The SMILES string of the molecule is C=C(C=N)/C(=C\C=C/C)c1ncc2sc(/C=C/N/C(C=O)=C\C)cc2n1. The number of nitrogens with zero attached hydrogens (tertiary/aromatic N) is 2. The first-order chi connectivity index (χ1) is 12.6. The van der Waals surface area contributed by atoms with E-state index in [9.17, 15) is 4.79 Å². The number of carbonyl (C=O) groups is 1. The van der Waals surface area contributed by atoms with Crippen LogP contribution in [0.2, 0.25) is 0 Å². The van der Waals surface area contributed by atoms with E-state index in [1.54, 1.807) is 36.7 Å². The summed E-state index contributed by atoms with van der Waals surface area (Å²) >= 11 is 1.56. The van der Waals surface area contributed by atoms with Crippen LogP contribution in [0, 0.1) is 5.41 Å². The Morgan fingerprint density at radius 3 is 2.85 bits per heavy atom. The third kappa shape index (κ3) is 4.70. The van der Waals surface area contributed by atoms with E-state index >= 15 is 0 Å². The summed E-state index contributed by atoms with van der Waals surface area (Å²) in [6.45, 7) is 7.60. The molecule has 26 heavy (non-hydrogen) atoms. The van der Waals surface area contributed by atoms with E-state index in [-0.39, 0.29) is 0 Å². The number of rotatable bonds is 8. The molecule has 0 aliphatic heterocycles. The van der Waals surface area contributed by atoms with Gasteiger partial charge in [-0.05, 0) is 31.6 Å². The van der Waals surface area contributed by atoms with Gasteiger partial charge in [-0.25, -0.2) is 9.97 Å². The molecule has 0 amide bonds. The van der Waals surface area contributed by atoms with Gasteiger partial charge in [0.15, 0.2) is 12.1 Å². The van der Waals surface area contributed by atoms with Crippen molar-refractivity contribution in [3.8, 4) is 0 Å². The van der Waals surface area contributed by atoms with Gasteiger partial charge in [-0.2, -0.15) is 0 Å². The fourth-order valence-electron chi connectivity index (χ4n) is 2.07. The molecule has 6 heteroatoms. The van der Waals surface area contributed by atoms with Crippen molar-refractivity contribution in [1.29, 1.82) is 5.41 Å². The number of fused-ring (bicyclic) bond motifs is 1. The summed E-state index contributed by atoms with van der Waals surface area (Å²) in [4.78, 5) is 20.8. The topological polar surface area (TPSA) is 78.7 Å². The average molecular weight is 364 g/mol. The minimum atomic E-state index is 0.508. The molecule has 5 nitrogen and oxygen atoms in total. The van der Waals surface area contributed by atoms with Crippen molar-refractivity contribution >= 4 is 45.7 Å². The molecular weight excluding hydrogens is 344 g/mol. The summed E-state index contributed by atoms with van der Waals surface area (Å²) in [5.74, 6) is 0.535. The van der Waals surface area contributed by atoms with Crippen molar-refractivity contribution in [2.45, 2.75) is 13.8 Å². The number of allylic oxidation sites excluding steroid dienone is 7. The Bertz CT molecular complexity index is 948. The van der Waals surface area contributed by atoms with Crippen LogP contribution in [-0.4, -0.2) is 22.5 Å². The molecule has 2 aromatic rings. The van der Waals surface area contributed by atoms with Crippen LogP contribution in [0.1, 0.15) is 24.5 Å². The van der Waals surface area contributed by atoms with Gasteiger partial charge in [-0.15, -0.1) is 11.3 Å². The lowest BCUT2D eigenvalue weighted by Gasteiger charge is -2.04. The Kier molecular flexibility index (Phi) is 6.93. The first-order valence-corrected chi connectivity index (χ1v) is 8.78. The second kappa shape index (κ2) is 9.39. The van der Waals surface area contributed by atoms with Crippen molar-refractivity contribution in [1.82, 2.24) is 15.3 Å². The van der Waals surface area contributed by atoms with Crippen LogP contribution in [0.3, 0.4) is 0 Å². The molecule has 2 rings (SSSR count). The van der Waals surface area contributed by atoms with E-state index in [2.05, 4.69) is 21.9 Å². The molecule has 0 aliphatic rings. The molecule has 0 unspecified atom stereocenters. The van der Waals surface area contributed by atoms with Crippen LogP contribution in [0.5, 0.6) is 0 Å². The Labute approximate surface area is 156 Å². The van der Waals surface area contributed by atoms with Gasteiger partial charge >= 0.3 is 0 Å². The normalized spacial score (nSPS) is 12.8. The maximum Gasteiger partial charge on any atom is 0.165 e. The van der Waals surface area contributed by atoms with Gasteiger partial charge in [0.1, 0.15) is 0 Å². The average Bonchev–Trinajstić information content (AvgIpc) is 3.07. The summed E-state index contributed by atoms with van der Waals surface area (Å²) in [6, 6.07) is 1.96. The number of nitrogens with one attached hydrogen (secondary N) is 2. The molecule has 0 atom stereocenters. The number of hydrogen-bond acceptors (Lipinski definition) is 6. The van der Waals surface area contributed by atoms with Gasteiger partial charge in [-0.1, -0.05) is 30.9 Å². The predicted octanol–water partition coefficient (Wildman–Crippen LogP) is 4.52. The molecule has 0 saturated carbocycles. The van der Waals surface area contributed by atoms with Gasteiger partial charge in [-0.3, -0.25) is 4.79 Å². The standard InChI is InChI=1S/C20H20N4OS/c1-4-6-7-17(14(3)11-21)20-23-12-19-18(24-20)10-16(26-19)8-9-22-15(5-2)13-25/h4-13,21-22H,3H2,1-2H3/b6-4-,9-8+,15-5-,17-7+,21-11?. The van der Waals surface area contributed by atoms with E-state index in [0.29, 0.717) is 22.7 Å². The monoisotopic (exact) mass is 364 g/mol. The number of aldehydes is 1. The number of aromatic nitrogens is 2. The maximum atomic E-state index is 10.8. The second-order valence-electron chi connectivity index (χ2n) is 5.21. The zero-order valence-corrected chi connectivity index (χ0v) is 15.5. The molecule has 0 fully saturated rings. The summed E-state index contributed by atoms with van der Waals surface area (Å²) in [6.07, 6.45) is 14.7. The molecule has 0 spiro atoms. The fourth-order valence-corrected chi connectivity index (χ4v) is 2.95. The Hall–Kier alpha value is -3.12. The minimum absolute atomic E-state index is 0.508. The van der Waals surface area contributed by atoms with E-state index in [1.807, 2.05) is 37.3 Å². The Morgan fingerprint density at radius 2 is 2.19 bits per heavy atom. The van der Waals surface area contributed by atoms with Crippen molar-refractivity contribution < 1.29 is 4.79 Å². The lowest BCUT2D eigenvalue weighted by molar-refractivity contribution is -0.105. The molecule has 2 N–H and O–H groups in total. The lowest BCUT2D eigenvalue weighted by Crippen LogP contribution is -2.04. The third-order valence-electron chi connectivity index (χ3n) is 3.44. The summed E-state index contributed by atoms with van der Waals surface area (Å²) in [5, 5.41) is 10.4. The van der Waals surface area contributed by atoms with Gasteiger partial charge in [0.25, 0.3) is 0 Å². The minimum Gasteiger partial charge on any atom is -0.359 e. The molecule has 0 aliphatic carbocycles. The number of carbonyl (C=O) groups excluding carboxylic acids is 1. The summed E-state index contributed by atoms with van der Waals surface area (Å²) in [5.41, 5.74) is 2.60. The van der Waals surface area contributed by atoms with Gasteiger partial charge < -0.3 is 10.7 Å². The van der Waals surface area contributed by atoms with Gasteiger partial charge in [0.2, 0.25) is 0 Å². The summed E-state index contributed by atoms with van der Waals surface area (Å²) < 4.78 is 0.959. The van der Waals surface area contributed by atoms with Gasteiger partial charge in [0.05, 0.1) is 15.9 Å². The zero-order chi connectivity index (χ0) is 18.9. The Morgan fingerprint density at radius 1 is 1.38 bits per heavy atom. The largest absolute Gasteiger partial charge is 0.359 e. The highest BCUT2D eigenvalue weighted by molar-refractivity contribution is 7.19. The first kappa shape index (κ1) is 19.2. The Balaban J connectivity index is 2.34. The van der Waals surface area contributed by atoms with Crippen molar-refractivity contribution in [2.24, 2.45) is 0 Å². The second-order valence-corrected chi connectivity index (χ2v) is 6.32. The van der Waals surface area contributed by atoms with E-state index < -0.39 is 0 Å². The van der Waals surface area contributed by atoms with E-state index in [0.717, 1.165) is 21.4 Å². The quantitative estimate of drug-likeness (QED) is 0.312. The molecular formula is C20H20N4OS. The number of hydrogen-bond donors (Lipinski definition) is 2. The zero-order valence-electron chi connectivity index (χ0n) is 14.7. The first-order valence-electron chi connectivity index (χ1n) is 7.97. The highest BCUT2D eigenvalue weighted by Crippen LogP contribution is 2.27. The molecule has 0 aromatic carbocycles. The van der Waals surface area contributed by atoms with Crippen LogP contribution in [0.25, 0.3) is 21.9 Å². The van der Waals surface area contributed by atoms with Crippen LogP contribution in [0.15, 0.2) is 60.6 Å². The van der Waals surface area contributed by atoms with Crippen LogP contribution in [-0.2, 0) is 4.79 Å². The van der Waals surface area contributed by atoms with E-state index in [1.165, 1.54) is 6.21 Å². The van der Waals surface area contributed by atoms with Crippen molar-refractivity contribution in [2.75, 3.05) is 0 Å². The molecule has 2 aromatic heterocycles. The molecule has 0 radical (unpaired) electrons. The fraction of sp³-hybridized carbons (Fsp3) is 0.100. The third-order valence-corrected chi connectivity index (χ3v) is 4.47. The molecule has 2 heterocycles. The lowest BCUT2D eigenvalue weighted by atomic mass is 10.1. The van der Waals surface area contributed by atoms with Crippen LogP contribution >= 0.6 is 11.3 Å². The van der Waals surface area contributed by atoms with E-state index in [4.69, 9.17) is 5.41 Å². The van der Waals surface area contributed by atoms with Gasteiger partial charge in [0, 0.05) is 29.1 Å². The molecule has 0 bridgehead atoms. The maximum absolute atomic E-state index is 10.8. The van der Waals surface area contributed by atoms with Crippen LogP contribution in [0.4, 0.5) is 0 Å². The van der Waals surface area contributed by atoms with Crippen LogP contribution < -0.4 is 5.32 Å². The van der Waals surface area contributed by atoms with Crippen molar-refractivity contribution in [3.63, 3.8) is 0 Å². The highest BCUT2D eigenvalue weighted by atomic mass is 32.1. The summed E-state index contributed by atoms with van der Waals surface area (Å²) in [7, 11) is 0. The molecule has 0 saturated heterocycles. The smallest absolute Gasteiger partial charge is 0.165 e. The number of thiophene rings is 1. The molecule has 132 valence electrons. The highest BCUT2D eigenvalue weighted by Gasteiger charge is 2.10. The predicted molar refractivity (Wildman–Crippen MR) is 110 cm³/mol.